The first-order chi connectivity index (χ1) is 10.7. The van der Waals surface area contributed by atoms with Crippen LogP contribution in [0.4, 0.5) is 0 Å². The number of carbonyl (C=O) groups is 1. The third-order valence-electron chi connectivity index (χ3n) is 3.11. The standard InChI is InChI=1S/C15H32N2O2.Na.O3S/c1-4-5-6-7-8-9-10-12-15(18)16-13-11-14-17(2,3)19;;1-4(2)3/h19H,1,4-14H2,2-3H3,(H,16,18);;/q;+1;. The molecule has 0 unspecified atom stereocenters. The van der Waals surface area contributed by atoms with Crippen molar-refractivity contribution in [2.24, 2.45) is 0 Å². The molecule has 0 aliphatic rings. The molecule has 0 spiro atoms. The van der Waals surface area contributed by atoms with Crippen molar-refractivity contribution in [2.45, 2.75) is 57.8 Å². The maximum atomic E-state index is 11.5. The van der Waals surface area contributed by atoms with E-state index in [4.69, 9.17) is 12.6 Å². The van der Waals surface area contributed by atoms with Gasteiger partial charge in [-0.25, -0.2) is 5.21 Å². The number of quaternary nitrogens is 1. The molecule has 0 fully saturated rings. The zero-order chi connectivity index (χ0) is 18.1. The molecule has 2 N–H and O–H groups in total. The average molecular weight is 375 g/mol. The molecule has 0 saturated heterocycles. The van der Waals surface area contributed by atoms with Crippen molar-refractivity contribution in [3.63, 3.8) is 0 Å². The quantitative estimate of drug-likeness (QED) is 0.148. The van der Waals surface area contributed by atoms with E-state index in [2.05, 4.69) is 12.2 Å². The number of hydrogen-bond acceptors (Lipinski definition) is 5. The predicted molar refractivity (Wildman–Crippen MR) is 88.4 cm³/mol. The smallest absolute Gasteiger partial charge is 0.356 e. The summed E-state index contributed by atoms with van der Waals surface area (Å²) in [5.74, 6) is 0.140. The number of amides is 1. The Labute approximate surface area is 170 Å². The van der Waals surface area contributed by atoms with Gasteiger partial charge >= 0.3 is 40.2 Å². The Balaban J connectivity index is -0.000000787. The van der Waals surface area contributed by atoms with Crippen molar-refractivity contribution in [1.29, 1.82) is 0 Å². The number of hydrogen-bond donors (Lipinski definition) is 2. The van der Waals surface area contributed by atoms with Gasteiger partial charge in [0.25, 0.3) is 0 Å². The molecule has 0 saturated carbocycles. The zero-order valence-electron chi connectivity index (χ0n) is 15.4. The van der Waals surface area contributed by atoms with Crippen LogP contribution in [-0.4, -0.2) is 55.6 Å². The molecular weight excluding hydrogens is 343 g/mol. The summed E-state index contributed by atoms with van der Waals surface area (Å²) in [6, 6.07) is 0. The van der Waals surface area contributed by atoms with E-state index in [1.807, 2.05) is 0 Å². The summed E-state index contributed by atoms with van der Waals surface area (Å²) >= 11 is 0. The second-order valence-electron chi connectivity index (χ2n) is 5.98. The maximum Gasteiger partial charge on any atom is 1.00 e. The minimum Gasteiger partial charge on any atom is -0.356 e. The molecule has 0 heterocycles. The summed E-state index contributed by atoms with van der Waals surface area (Å²) in [6.45, 7) is 5.14. The van der Waals surface area contributed by atoms with Crippen LogP contribution in [-0.2, 0) is 15.4 Å². The van der Waals surface area contributed by atoms with E-state index in [0.29, 0.717) is 19.5 Å². The Morgan fingerprint density at radius 3 is 1.92 bits per heavy atom. The Hall–Kier alpha value is 0.0100. The first-order valence-corrected chi connectivity index (χ1v) is 9.07. The molecule has 1 amide bonds. The van der Waals surface area contributed by atoms with E-state index < -0.39 is 10.6 Å². The first kappa shape index (κ1) is 28.8. The van der Waals surface area contributed by atoms with E-state index in [1.165, 1.54) is 25.7 Å². The van der Waals surface area contributed by atoms with Gasteiger partial charge in [-0.15, -0.1) is 12.6 Å². The van der Waals surface area contributed by atoms with Gasteiger partial charge in [-0.05, 0) is 6.42 Å². The van der Waals surface area contributed by atoms with E-state index in [1.54, 1.807) is 14.1 Å². The molecule has 0 bridgehead atoms. The number of rotatable bonds is 12. The van der Waals surface area contributed by atoms with Gasteiger partial charge in [0.2, 0.25) is 5.91 Å². The zero-order valence-corrected chi connectivity index (χ0v) is 18.2. The van der Waals surface area contributed by atoms with Crippen LogP contribution in [0.2, 0.25) is 0 Å². The summed E-state index contributed by atoms with van der Waals surface area (Å²) < 4.78 is 25.3. The van der Waals surface area contributed by atoms with Crippen molar-refractivity contribution in [2.75, 3.05) is 27.2 Å². The van der Waals surface area contributed by atoms with E-state index in [-0.39, 0.29) is 40.1 Å². The number of nitrogens with one attached hydrogen (secondary N) is 1. The molecule has 0 radical (unpaired) electrons. The SMILES string of the molecule is O=S(=O)=O.[CH2-]CCCCCCCCC(=O)NCCC[N+](C)(C)O.[Na+]. The number of nitrogens with zero attached hydrogens (tertiary/aromatic N) is 1. The number of hydroxylamine groups is 3. The van der Waals surface area contributed by atoms with Crippen LogP contribution < -0.4 is 34.9 Å². The molecule has 0 aliphatic carbocycles. The van der Waals surface area contributed by atoms with Crippen LogP contribution in [0, 0.1) is 6.92 Å². The van der Waals surface area contributed by atoms with Crippen molar-refractivity contribution < 1.29 is 56.8 Å². The molecule has 0 aromatic rings. The van der Waals surface area contributed by atoms with Gasteiger partial charge in [0.05, 0.1) is 14.1 Å². The fourth-order valence-corrected chi connectivity index (χ4v) is 1.95. The molecule has 0 aromatic heterocycles. The summed E-state index contributed by atoms with van der Waals surface area (Å²) in [6.07, 6.45) is 9.58. The van der Waals surface area contributed by atoms with Gasteiger partial charge in [0, 0.05) is 19.4 Å². The van der Waals surface area contributed by atoms with E-state index in [9.17, 15) is 10.0 Å². The van der Waals surface area contributed by atoms with Gasteiger partial charge in [-0.2, -0.15) is 11.1 Å². The number of unbranched alkanes of at least 4 members (excludes halogenated alkanes) is 6. The molecular formula is C15H32N2NaO5S+. The van der Waals surface area contributed by atoms with Crippen LogP contribution in [0.15, 0.2) is 0 Å². The van der Waals surface area contributed by atoms with Crippen molar-refractivity contribution >= 4 is 16.5 Å². The summed E-state index contributed by atoms with van der Waals surface area (Å²) in [5.41, 5.74) is 0. The predicted octanol–water partition coefficient (Wildman–Crippen LogP) is -1.09. The van der Waals surface area contributed by atoms with Crippen LogP contribution in [0.3, 0.4) is 0 Å². The van der Waals surface area contributed by atoms with Gasteiger partial charge in [-0.1, -0.05) is 32.1 Å². The third-order valence-corrected chi connectivity index (χ3v) is 3.11. The Kier molecular flexibility index (Phi) is 23.2. The van der Waals surface area contributed by atoms with Gasteiger partial charge in [0.15, 0.2) is 0 Å². The molecule has 7 nitrogen and oxygen atoms in total. The van der Waals surface area contributed by atoms with Crippen LogP contribution in [0.25, 0.3) is 0 Å². The Morgan fingerprint density at radius 1 is 1.00 bits per heavy atom. The average Bonchev–Trinajstić information content (AvgIpc) is 2.41. The Morgan fingerprint density at radius 2 is 1.46 bits per heavy atom. The molecule has 24 heavy (non-hydrogen) atoms. The van der Waals surface area contributed by atoms with Crippen LogP contribution in [0.1, 0.15) is 57.8 Å². The van der Waals surface area contributed by atoms with Gasteiger partial charge in [-0.3, -0.25) is 4.79 Å². The summed E-state index contributed by atoms with van der Waals surface area (Å²) in [5, 5.41) is 12.4. The van der Waals surface area contributed by atoms with Crippen molar-refractivity contribution in [1.82, 2.24) is 5.32 Å². The van der Waals surface area contributed by atoms with E-state index in [0.717, 1.165) is 25.7 Å². The van der Waals surface area contributed by atoms with Crippen LogP contribution in [0.5, 0.6) is 0 Å². The van der Waals surface area contributed by atoms with Gasteiger partial charge < -0.3 is 12.2 Å². The molecule has 0 aromatic carbocycles. The molecule has 138 valence electrons. The second-order valence-corrected chi connectivity index (χ2v) is 6.39. The minimum atomic E-state index is -3.11. The van der Waals surface area contributed by atoms with Crippen molar-refractivity contribution in [3.05, 3.63) is 6.92 Å². The minimum absolute atomic E-state index is 0. The summed E-state index contributed by atoms with van der Waals surface area (Å²) in [4.78, 5) is 11.5. The maximum absolute atomic E-state index is 11.5. The fourth-order valence-electron chi connectivity index (χ4n) is 1.95. The molecule has 0 rings (SSSR count). The van der Waals surface area contributed by atoms with Crippen molar-refractivity contribution in [3.8, 4) is 0 Å². The van der Waals surface area contributed by atoms with E-state index >= 15 is 0 Å². The topological polar surface area (TPSA) is 101 Å². The fraction of sp³-hybridized carbons (Fsp3) is 0.867. The third kappa shape index (κ3) is 33.6. The normalized spacial score (nSPS) is 10.2. The molecule has 0 aliphatic heterocycles. The van der Waals surface area contributed by atoms with Crippen LogP contribution >= 0.6 is 0 Å². The largest absolute Gasteiger partial charge is 1.00 e. The molecule has 9 heteroatoms. The monoisotopic (exact) mass is 375 g/mol. The first-order valence-electron chi connectivity index (χ1n) is 8.07. The number of carbonyl (C=O) groups excluding carboxylic acids is 1. The Bertz CT molecular complexity index is 389. The second kappa shape index (κ2) is 19.3. The van der Waals surface area contributed by atoms with Gasteiger partial charge in [0.1, 0.15) is 6.54 Å². The molecule has 0 atom stereocenters. The summed E-state index contributed by atoms with van der Waals surface area (Å²) in [7, 11) is 0.354.